The lowest BCUT2D eigenvalue weighted by Gasteiger charge is -2.15. The zero-order valence-corrected chi connectivity index (χ0v) is 15.2. The standard InChI is InChI=1S/C22H23N3O/c1-22(2,14-26)11-16-12-23-21-20(16)25-19(13-24-21)18-10-6-9-17(18)15-7-4-3-5-8-15/h3-5,7-8,12-14H,6,9-11H2,1-2H3,(H,23,24). The van der Waals surface area contributed by atoms with Gasteiger partial charge < -0.3 is 9.78 Å². The summed E-state index contributed by atoms with van der Waals surface area (Å²) in [5, 5.41) is 0. The highest BCUT2D eigenvalue weighted by Gasteiger charge is 2.22. The number of fused-ring (bicyclic) bond motifs is 1. The van der Waals surface area contributed by atoms with E-state index in [0.717, 1.165) is 48.0 Å². The number of carbonyl (C=O) groups is 1. The summed E-state index contributed by atoms with van der Waals surface area (Å²) in [4.78, 5) is 24.0. The molecule has 0 aliphatic heterocycles. The van der Waals surface area contributed by atoms with E-state index in [1.54, 1.807) is 0 Å². The van der Waals surface area contributed by atoms with Gasteiger partial charge in [-0.05, 0) is 48.0 Å². The van der Waals surface area contributed by atoms with E-state index in [-0.39, 0.29) is 0 Å². The summed E-state index contributed by atoms with van der Waals surface area (Å²) in [6.45, 7) is 3.90. The van der Waals surface area contributed by atoms with Gasteiger partial charge in [0.05, 0.1) is 11.9 Å². The van der Waals surface area contributed by atoms with E-state index in [9.17, 15) is 4.79 Å². The van der Waals surface area contributed by atoms with Gasteiger partial charge in [-0.3, -0.25) is 0 Å². The van der Waals surface area contributed by atoms with Crippen molar-refractivity contribution in [3.05, 3.63) is 59.5 Å². The van der Waals surface area contributed by atoms with Gasteiger partial charge in [0.25, 0.3) is 0 Å². The normalized spacial score (nSPS) is 15.0. The van der Waals surface area contributed by atoms with Crippen molar-refractivity contribution >= 4 is 28.6 Å². The molecule has 4 heteroatoms. The van der Waals surface area contributed by atoms with Gasteiger partial charge in [-0.1, -0.05) is 44.2 Å². The van der Waals surface area contributed by atoms with Crippen molar-refractivity contribution < 1.29 is 4.79 Å². The van der Waals surface area contributed by atoms with Crippen molar-refractivity contribution in [1.29, 1.82) is 0 Å². The summed E-state index contributed by atoms with van der Waals surface area (Å²) >= 11 is 0. The molecule has 132 valence electrons. The van der Waals surface area contributed by atoms with E-state index in [2.05, 4.69) is 34.2 Å². The molecule has 0 bridgehead atoms. The maximum atomic E-state index is 11.3. The first kappa shape index (κ1) is 16.7. The molecule has 3 aromatic rings. The fourth-order valence-corrected chi connectivity index (χ4v) is 3.74. The average molecular weight is 345 g/mol. The van der Waals surface area contributed by atoms with Crippen molar-refractivity contribution in [3.8, 4) is 0 Å². The highest BCUT2D eigenvalue weighted by Crippen LogP contribution is 2.39. The van der Waals surface area contributed by atoms with E-state index in [1.165, 1.54) is 16.7 Å². The second-order valence-corrected chi connectivity index (χ2v) is 7.73. The summed E-state index contributed by atoms with van der Waals surface area (Å²) in [6, 6.07) is 10.5. The molecule has 4 rings (SSSR count). The number of allylic oxidation sites excluding steroid dienone is 2. The van der Waals surface area contributed by atoms with E-state index in [4.69, 9.17) is 4.98 Å². The highest BCUT2D eigenvalue weighted by molar-refractivity contribution is 5.92. The monoisotopic (exact) mass is 345 g/mol. The first-order chi connectivity index (χ1) is 12.6. The van der Waals surface area contributed by atoms with Crippen LogP contribution in [0.5, 0.6) is 0 Å². The second kappa shape index (κ2) is 6.52. The molecule has 0 fully saturated rings. The van der Waals surface area contributed by atoms with Gasteiger partial charge in [0, 0.05) is 11.6 Å². The van der Waals surface area contributed by atoms with E-state index < -0.39 is 5.41 Å². The van der Waals surface area contributed by atoms with Gasteiger partial charge in [0.15, 0.2) is 5.65 Å². The van der Waals surface area contributed by atoms with Crippen LogP contribution in [0.3, 0.4) is 0 Å². The predicted octanol–water partition coefficient (Wildman–Crippen LogP) is 4.82. The Labute approximate surface area is 153 Å². The lowest BCUT2D eigenvalue weighted by atomic mass is 9.88. The van der Waals surface area contributed by atoms with Crippen LogP contribution in [-0.2, 0) is 11.2 Å². The Morgan fingerprint density at radius 1 is 1.15 bits per heavy atom. The molecular formula is C22H23N3O. The maximum Gasteiger partial charge on any atom is 0.156 e. The first-order valence-electron chi connectivity index (χ1n) is 9.14. The molecule has 1 aromatic carbocycles. The Bertz CT molecular complexity index is 983. The van der Waals surface area contributed by atoms with E-state index in [1.807, 2.05) is 32.3 Å². The third kappa shape index (κ3) is 3.07. The summed E-state index contributed by atoms with van der Waals surface area (Å²) in [6.07, 6.45) is 8.73. The first-order valence-corrected chi connectivity index (χ1v) is 9.14. The number of rotatable bonds is 5. The molecule has 0 atom stereocenters. The predicted molar refractivity (Wildman–Crippen MR) is 105 cm³/mol. The Balaban J connectivity index is 1.79. The molecule has 2 heterocycles. The van der Waals surface area contributed by atoms with Crippen LogP contribution in [0.4, 0.5) is 0 Å². The number of nitrogens with one attached hydrogen (secondary N) is 1. The molecular weight excluding hydrogens is 322 g/mol. The summed E-state index contributed by atoms with van der Waals surface area (Å²) in [7, 11) is 0. The molecule has 1 aliphatic rings. The Kier molecular flexibility index (Phi) is 4.19. The van der Waals surface area contributed by atoms with Gasteiger partial charge in [0.1, 0.15) is 11.8 Å². The minimum atomic E-state index is -0.408. The third-order valence-corrected chi connectivity index (χ3v) is 5.07. The molecule has 0 saturated heterocycles. The van der Waals surface area contributed by atoms with Crippen molar-refractivity contribution in [2.24, 2.45) is 5.41 Å². The number of aromatic amines is 1. The molecule has 4 nitrogen and oxygen atoms in total. The zero-order chi connectivity index (χ0) is 18.1. The summed E-state index contributed by atoms with van der Waals surface area (Å²) in [5.74, 6) is 0. The van der Waals surface area contributed by atoms with Crippen LogP contribution in [-0.4, -0.2) is 21.2 Å². The largest absolute Gasteiger partial charge is 0.345 e. The Morgan fingerprint density at radius 2 is 1.92 bits per heavy atom. The van der Waals surface area contributed by atoms with Crippen molar-refractivity contribution in [2.45, 2.75) is 39.5 Å². The molecule has 2 aromatic heterocycles. The van der Waals surface area contributed by atoms with Crippen LogP contribution in [0.15, 0.2) is 42.7 Å². The van der Waals surface area contributed by atoms with Gasteiger partial charge in [-0.15, -0.1) is 0 Å². The number of carbonyl (C=O) groups excluding carboxylic acids is 1. The van der Waals surface area contributed by atoms with Gasteiger partial charge >= 0.3 is 0 Å². The zero-order valence-electron chi connectivity index (χ0n) is 15.2. The van der Waals surface area contributed by atoms with E-state index in [0.29, 0.717) is 6.42 Å². The van der Waals surface area contributed by atoms with Gasteiger partial charge in [-0.2, -0.15) is 0 Å². The van der Waals surface area contributed by atoms with Crippen LogP contribution >= 0.6 is 0 Å². The van der Waals surface area contributed by atoms with Gasteiger partial charge in [-0.25, -0.2) is 9.97 Å². The van der Waals surface area contributed by atoms with Crippen LogP contribution in [0.1, 0.15) is 49.9 Å². The van der Waals surface area contributed by atoms with Crippen LogP contribution in [0, 0.1) is 5.41 Å². The number of aromatic nitrogens is 3. The fourth-order valence-electron chi connectivity index (χ4n) is 3.74. The molecule has 26 heavy (non-hydrogen) atoms. The lowest BCUT2D eigenvalue weighted by Crippen LogP contribution is -2.16. The fraction of sp³-hybridized carbons (Fsp3) is 0.318. The lowest BCUT2D eigenvalue weighted by molar-refractivity contribution is -0.114. The van der Waals surface area contributed by atoms with Crippen LogP contribution in [0.2, 0.25) is 0 Å². The molecule has 0 saturated carbocycles. The Hall–Kier alpha value is -2.75. The number of hydrogen-bond acceptors (Lipinski definition) is 3. The van der Waals surface area contributed by atoms with Crippen LogP contribution in [0.25, 0.3) is 22.3 Å². The highest BCUT2D eigenvalue weighted by atomic mass is 16.1. The average Bonchev–Trinajstić information content (AvgIpc) is 3.29. The number of hydrogen-bond donors (Lipinski definition) is 1. The van der Waals surface area contributed by atoms with Crippen molar-refractivity contribution in [2.75, 3.05) is 0 Å². The second-order valence-electron chi connectivity index (χ2n) is 7.73. The Morgan fingerprint density at radius 3 is 2.69 bits per heavy atom. The number of nitrogens with zero attached hydrogens (tertiary/aromatic N) is 2. The van der Waals surface area contributed by atoms with Crippen molar-refractivity contribution in [1.82, 2.24) is 15.0 Å². The molecule has 1 aliphatic carbocycles. The minimum Gasteiger partial charge on any atom is -0.345 e. The quantitative estimate of drug-likeness (QED) is 0.674. The SMILES string of the molecule is CC(C)(C=O)Cc1c[nH]c2ncc(C3=C(c4ccccc4)CCC3)nc12. The third-order valence-electron chi connectivity index (χ3n) is 5.07. The smallest absolute Gasteiger partial charge is 0.156 e. The molecule has 1 N–H and O–H groups in total. The minimum absolute atomic E-state index is 0.408. The number of aldehydes is 1. The number of H-pyrrole nitrogens is 1. The number of benzene rings is 1. The summed E-state index contributed by atoms with van der Waals surface area (Å²) < 4.78 is 0. The van der Waals surface area contributed by atoms with Crippen LogP contribution < -0.4 is 0 Å². The van der Waals surface area contributed by atoms with Crippen molar-refractivity contribution in [3.63, 3.8) is 0 Å². The maximum absolute atomic E-state index is 11.3. The van der Waals surface area contributed by atoms with E-state index >= 15 is 0 Å². The summed E-state index contributed by atoms with van der Waals surface area (Å²) in [5.41, 5.74) is 7.21. The molecule has 0 unspecified atom stereocenters. The topological polar surface area (TPSA) is 58.6 Å². The van der Waals surface area contributed by atoms with Gasteiger partial charge in [0.2, 0.25) is 0 Å². The molecule has 0 spiro atoms. The molecule has 0 amide bonds. The molecule has 0 radical (unpaired) electrons.